The molecule has 0 aliphatic carbocycles. The molecule has 178 valence electrons. The highest BCUT2D eigenvalue weighted by Gasteiger charge is 2.46. The Labute approximate surface area is 202 Å². The first-order chi connectivity index (χ1) is 17.1. The molecule has 3 aliphatic rings. The summed E-state index contributed by atoms with van der Waals surface area (Å²) in [5.74, 6) is 1.53. The van der Waals surface area contributed by atoms with Crippen LogP contribution >= 0.6 is 0 Å². The largest absolute Gasteiger partial charge is 0.493 e. The molecule has 2 atom stereocenters. The predicted molar refractivity (Wildman–Crippen MR) is 127 cm³/mol. The fourth-order valence-corrected chi connectivity index (χ4v) is 5.33. The third kappa shape index (κ3) is 3.36. The van der Waals surface area contributed by atoms with Crippen LogP contribution in [0.1, 0.15) is 39.0 Å². The number of hydrogen-bond donors (Lipinski definition) is 1. The van der Waals surface area contributed by atoms with Gasteiger partial charge in [0.05, 0.1) is 26.2 Å². The molecular formula is C27H24N2O6. The maximum atomic E-state index is 13.9. The lowest BCUT2D eigenvalue weighted by atomic mass is 9.75. The minimum atomic E-state index is -0.619. The quantitative estimate of drug-likeness (QED) is 0.620. The van der Waals surface area contributed by atoms with Crippen molar-refractivity contribution in [3.63, 3.8) is 0 Å². The first-order valence-corrected chi connectivity index (χ1v) is 11.4. The summed E-state index contributed by atoms with van der Waals surface area (Å²) in [5.41, 5.74) is 3.79. The number of nitrogens with zero attached hydrogens (tertiary/aromatic N) is 1. The zero-order chi connectivity index (χ0) is 24.1. The number of carbonyl (C=O) groups excluding carboxylic acids is 2. The Morgan fingerprint density at radius 1 is 0.971 bits per heavy atom. The van der Waals surface area contributed by atoms with Crippen molar-refractivity contribution in [3.8, 4) is 23.0 Å². The van der Waals surface area contributed by atoms with Gasteiger partial charge in [-0.25, -0.2) is 0 Å². The average molecular weight is 472 g/mol. The number of rotatable bonds is 4. The van der Waals surface area contributed by atoms with Crippen LogP contribution in [0.5, 0.6) is 23.0 Å². The van der Waals surface area contributed by atoms with Gasteiger partial charge in [-0.15, -0.1) is 0 Å². The fraction of sp³-hybridized carbons (Fsp3) is 0.259. The Morgan fingerprint density at radius 2 is 1.74 bits per heavy atom. The Hall–Kier alpha value is -4.20. The summed E-state index contributed by atoms with van der Waals surface area (Å²) < 4.78 is 21.9. The Morgan fingerprint density at radius 3 is 2.57 bits per heavy atom. The Balaban J connectivity index is 1.46. The highest BCUT2D eigenvalue weighted by atomic mass is 16.7. The number of benzene rings is 3. The molecule has 0 aromatic heterocycles. The summed E-state index contributed by atoms with van der Waals surface area (Å²) in [6.07, 6.45) is 0.663. The molecule has 2 amide bonds. The van der Waals surface area contributed by atoms with E-state index in [-0.39, 0.29) is 18.6 Å². The molecule has 0 saturated heterocycles. The summed E-state index contributed by atoms with van der Waals surface area (Å²) in [5, 5.41) is 3.04. The number of nitrogens with one attached hydrogen (secondary N) is 1. The van der Waals surface area contributed by atoms with Crippen molar-refractivity contribution < 1.29 is 28.5 Å². The van der Waals surface area contributed by atoms with Gasteiger partial charge in [0.15, 0.2) is 23.0 Å². The van der Waals surface area contributed by atoms with Gasteiger partial charge in [-0.2, -0.15) is 0 Å². The van der Waals surface area contributed by atoms with E-state index in [1.165, 1.54) is 0 Å². The van der Waals surface area contributed by atoms with E-state index in [0.717, 1.165) is 11.1 Å². The van der Waals surface area contributed by atoms with E-state index < -0.39 is 12.0 Å². The van der Waals surface area contributed by atoms with Gasteiger partial charge in [-0.3, -0.25) is 9.59 Å². The number of ether oxygens (including phenoxy) is 4. The number of anilines is 1. The number of hydrogen-bond acceptors (Lipinski definition) is 6. The lowest BCUT2D eigenvalue weighted by Crippen LogP contribution is -2.49. The van der Waals surface area contributed by atoms with Gasteiger partial charge >= 0.3 is 0 Å². The summed E-state index contributed by atoms with van der Waals surface area (Å²) in [6, 6.07) is 16.0. The first kappa shape index (κ1) is 21.3. The van der Waals surface area contributed by atoms with Crippen LogP contribution in [0, 0.1) is 0 Å². The zero-order valence-corrected chi connectivity index (χ0v) is 19.4. The molecule has 3 aromatic rings. The molecule has 0 fully saturated rings. The molecule has 0 saturated carbocycles. The van der Waals surface area contributed by atoms with Gasteiger partial charge in [0.2, 0.25) is 12.7 Å². The smallest absolute Gasteiger partial charge is 0.254 e. The maximum absolute atomic E-state index is 13.9. The summed E-state index contributed by atoms with van der Waals surface area (Å²) in [6.45, 7) is 0.665. The molecule has 35 heavy (non-hydrogen) atoms. The second-order valence-corrected chi connectivity index (χ2v) is 8.72. The van der Waals surface area contributed by atoms with Crippen LogP contribution in [0.25, 0.3) is 0 Å². The molecule has 0 radical (unpaired) electrons. The number of methoxy groups -OCH3 is 2. The van der Waals surface area contributed by atoms with E-state index in [1.807, 2.05) is 30.3 Å². The van der Waals surface area contributed by atoms with Crippen molar-refractivity contribution in [1.82, 2.24) is 4.90 Å². The lowest BCUT2D eigenvalue weighted by molar-refractivity contribution is -0.119. The molecule has 8 heteroatoms. The maximum Gasteiger partial charge on any atom is 0.254 e. The summed E-state index contributed by atoms with van der Waals surface area (Å²) in [4.78, 5) is 29.2. The SMILES string of the molecule is COc1cc2c(cc1OC)[C@H]1[C@@H](C(=O)Nc3ccc4c(c3)OCO4)c3ccccc3C(=O)N1CC2. The highest BCUT2D eigenvalue weighted by molar-refractivity contribution is 6.04. The monoisotopic (exact) mass is 472 g/mol. The van der Waals surface area contributed by atoms with Crippen LogP contribution in [0.3, 0.4) is 0 Å². The number of fused-ring (bicyclic) bond motifs is 5. The van der Waals surface area contributed by atoms with Gasteiger partial charge in [-0.1, -0.05) is 18.2 Å². The van der Waals surface area contributed by atoms with E-state index in [2.05, 4.69) is 5.32 Å². The van der Waals surface area contributed by atoms with Crippen LogP contribution in [0.2, 0.25) is 0 Å². The van der Waals surface area contributed by atoms with Crippen LogP contribution < -0.4 is 24.3 Å². The standard InChI is InChI=1S/C27H24N2O6/c1-32-21-11-15-9-10-29-25(19(15)13-22(21)33-2)24(17-5-3-4-6-18(17)27(29)31)26(30)28-16-7-8-20-23(12-16)35-14-34-20/h3-8,11-13,24-25H,9-10,14H2,1-2H3,(H,28,30)/t24-,25-/m0/s1. The second-order valence-electron chi connectivity index (χ2n) is 8.72. The topological polar surface area (TPSA) is 86.3 Å². The highest BCUT2D eigenvalue weighted by Crippen LogP contribution is 2.48. The van der Waals surface area contributed by atoms with E-state index in [9.17, 15) is 9.59 Å². The third-order valence-electron chi connectivity index (χ3n) is 6.95. The number of amides is 2. The van der Waals surface area contributed by atoms with Crippen molar-refractivity contribution in [1.29, 1.82) is 0 Å². The Bertz CT molecular complexity index is 1350. The van der Waals surface area contributed by atoms with Crippen molar-refractivity contribution in [2.45, 2.75) is 18.4 Å². The van der Waals surface area contributed by atoms with Gasteiger partial charge in [0, 0.05) is 23.9 Å². The van der Waals surface area contributed by atoms with Gasteiger partial charge in [0.1, 0.15) is 0 Å². The van der Waals surface area contributed by atoms with E-state index in [4.69, 9.17) is 18.9 Å². The van der Waals surface area contributed by atoms with Gasteiger partial charge in [-0.05, 0) is 53.4 Å². The molecular weight excluding hydrogens is 448 g/mol. The predicted octanol–water partition coefficient (Wildman–Crippen LogP) is 3.91. The van der Waals surface area contributed by atoms with Crippen molar-refractivity contribution in [2.75, 3.05) is 32.9 Å². The lowest BCUT2D eigenvalue weighted by Gasteiger charge is -2.45. The summed E-state index contributed by atoms with van der Waals surface area (Å²) >= 11 is 0. The van der Waals surface area contributed by atoms with E-state index >= 15 is 0 Å². The molecule has 6 rings (SSSR count). The second kappa shape index (κ2) is 8.23. The molecule has 1 N–H and O–H groups in total. The molecule has 3 heterocycles. The van der Waals surface area contributed by atoms with E-state index in [1.54, 1.807) is 43.4 Å². The van der Waals surface area contributed by atoms with Crippen molar-refractivity contribution in [2.24, 2.45) is 0 Å². The molecule has 3 aromatic carbocycles. The molecule has 0 unspecified atom stereocenters. The van der Waals surface area contributed by atoms with Crippen LogP contribution in [-0.4, -0.2) is 44.3 Å². The number of carbonyl (C=O) groups is 2. The minimum Gasteiger partial charge on any atom is -0.493 e. The molecule has 0 bridgehead atoms. The van der Waals surface area contributed by atoms with Crippen LogP contribution in [-0.2, 0) is 11.2 Å². The Kier molecular flexibility index (Phi) is 5.02. The first-order valence-electron chi connectivity index (χ1n) is 11.4. The van der Waals surface area contributed by atoms with Crippen molar-refractivity contribution >= 4 is 17.5 Å². The third-order valence-corrected chi connectivity index (χ3v) is 6.95. The molecule has 3 aliphatic heterocycles. The van der Waals surface area contributed by atoms with E-state index in [0.29, 0.717) is 52.8 Å². The van der Waals surface area contributed by atoms with Crippen LogP contribution in [0.15, 0.2) is 54.6 Å². The van der Waals surface area contributed by atoms with Crippen LogP contribution in [0.4, 0.5) is 5.69 Å². The minimum absolute atomic E-state index is 0.0711. The fourth-order valence-electron chi connectivity index (χ4n) is 5.33. The van der Waals surface area contributed by atoms with Crippen molar-refractivity contribution in [3.05, 3.63) is 76.9 Å². The summed E-state index contributed by atoms with van der Waals surface area (Å²) in [7, 11) is 3.18. The zero-order valence-electron chi connectivity index (χ0n) is 19.4. The average Bonchev–Trinajstić information content (AvgIpc) is 3.36. The van der Waals surface area contributed by atoms with Gasteiger partial charge in [0.25, 0.3) is 5.91 Å². The van der Waals surface area contributed by atoms with Gasteiger partial charge < -0.3 is 29.2 Å². The molecule has 8 nitrogen and oxygen atoms in total. The molecule has 0 spiro atoms. The normalized spacial score (nSPS) is 19.4.